The van der Waals surface area contributed by atoms with E-state index in [0.29, 0.717) is 0 Å². The third-order valence-electron chi connectivity index (χ3n) is 2.56. The molecule has 2 nitrogen and oxygen atoms in total. The Bertz CT molecular complexity index is 351. The number of hydrogen-bond donors (Lipinski definition) is 1. The van der Waals surface area contributed by atoms with Crippen molar-refractivity contribution >= 4 is 22.2 Å². The standard InChI is InChI=1S/C11H12BrNO/c12-9-3-4-10-8(6-9)2-1-5-13-11(10)7-14/h3-4,6-7,11,13H,1-2,5H2. The van der Waals surface area contributed by atoms with Crippen LogP contribution in [0.4, 0.5) is 0 Å². The molecule has 0 aliphatic carbocycles. The van der Waals surface area contributed by atoms with Gasteiger partial charge in [-0.05, 0) is 42.6 Å². The zero-order valence-electron chi connectivity index (χ0n) is 7.79. The summed E-state index contributed by atoms with van der Waals surface area (Å²) >= 11 is 3.45. The minimum Gasteiger partial charge on any atom is -0.304 e. The second-order valence-corrected chi connectivity index (χ2v) is 4.43. The van der Waals surface area contributed by atoms with Crippen LogP contribution in [0, 0.1) is 0 Å². The average Bonchev–Trinajstić information content (AvgIpc) is 2.38. The Morgan fingerprint density at radius 3 is 3.14 bits per heavy atom. The molecule has 3 heteroatoms. The van der Waals surface area contributed by atoms with E-state index in [1.165, 1.54) is 5.56 Å². The highest BCUT2D eigenvalue weighted by Crippen LogP contribution is 2.24. The second-order valence-electron chi connectivity index (χ2n) is 3.51. The topological polar surface area (TPSA) is 29.1 Å². The highest BCUT2D eigenvalue weighted by Gasteiger charge is 2.16. The van der Waals surface area contributed by atoms with Crippen molar-refractivity contribution < 1.29 is 4.79 Å². The summed E-state index contributed by atoms with van der Waals surface area (Å²) in [7, 11) is 0. The van der Waals surface area contributed by atoms with Crippen LogP contribution in [-0.4, -0.2) is 12.8 Å². The zero-order valence-corrected chi connectivity index (χ0v) is 9.38. The van der Waals surface area contributed by atoms with Gasteiger partial charge in [-0.1, -0.05) is 22.0 Å². The number of benzene rings is 1. The number of rotatable bonds is 1. The largest absolute Gasteiger partial charge is 0.304 e. The molecule has 2 rings (SSSR count). The van der Waals surface area contributed by atoms with Gasteiger partial charge in [-0.25, -0.2) is 0 Å². The van der Waals surface area contributed by atoms with Crippen molar-refractivity contribution in [1.82, 2.24) is 5.32 Å². The number of aldehydes is 1. The number of nitrogens with one attached hydrogen (secondary N) is 1. The fourth-order valence-corrected chi connectivity index (χ4v) is 2.27. The van der Waals surface area contributed by atoms with Crippen molar-refractivity contribution in [2.75, 3.05) is 6.54 Å². The number of carbonyl (C=O) groups is 1. The van der Waals surface area contributed by atoms with Crippen molar-refractivity contribution in [2.45, 2.75) is 18.9 Å². The maximum Gasteiger partial charge on any atom is 0.141 e. The third-order valence-corrected chi connectivity index (χ3v) is 3.06. The Labute approximate surface area is 91.8 Å². The molecule has 0 amide bonds. The molecule has 0 spiro atoms. The highest BCUT2D eigenvalue weighted by atomic mass is 79.9. The van der Waals surface area contributed by atoms with Crippen LogP contribution in [-0.2, 0) is 11.2 Å². The van der Waals surface area contributed by atoms with Crippen molar-refractivity contribution in [2.24, 2.45) is 0 Å². The van der Waals surface area contributed by atoms with E-state index >= 15 is 0 Å². The molecule has 74 valence electrons. The van der Waals surface area contributed by atoms with E-state index in [-0.39, 0.29) is 6.04 Å². The van der Waals surface area contributed by atoms with Gasteiger partial charge in [0, 0.05) is 4.47 Å². The van der Waals surface area contributed by atoms with Gasteiger partial charge in [-0.15, -0.1) is 0 Å². The third kappa shape index (κ3) is 1.88. The predicted molar refractivity (Wildman–Crippen MR) is 59.3 cm³/mol. The summed E-state index contributed by atoms with van der Waals surface area (Å²) in [6.45, 7) is 0.912. The fraction of sp³-hybridized carbons (Fsp3) is 0.364. The summed E-state index contributed by atoms with van der Waals surface area (Å²) in [6.07, 6.45) is 3.12. The van der Waals surface area contributed by atoms with Gasteiger partial charge in [0.2, 0.25) is 0 Å². The summed E-state index contributed by atoms with van der Waals surface area (Å²) in [6, 6.07) is 6.00. The molecule has 1 aliphatic heterocycles. The van der Waals surface area contributed by atoms with E-state index in [9.17, 15) is 4.79 Å². The van der Waals surface area contributed by atoms with E-state index in [1.807, 2.05) is 12.1 Å². The van der Waals surface area contributed by atoms with E-state index in [0.717, 1.165) is 35.7 Å². The van der Waals surface area contributed by atoms with Crippen LogP contribution in [0.25, 0.3) is 0 Å². The maximum absolute atomic E-state index is 10.9. The predicted octanol–water partition coefficient (Wildman–Crippen LogP) is 2.22. The van der Waals surface area contributed by atoms with Crippen LogP contribution >= 0.6 is 15.9 Å². The maximum atomic E-state index is 10.9. The quantitative estimate of drug-likeness (QED) is 0.778. The molecule has 0 bridgehead atoms. The Hall–Kier alpha value is -0.670. The molecular weight excluding hydrogens is 242 g/mol. The van der Waals surface area contributed by atoms with Gasteiger partial charge >= 0.3 is 0 Å². The first kappa shape index (κ1) is 9.87. The number of aryl methyl sites for hydroxylation is 1. The minimum absolute atomic E-state index is 0.124. The van der Waals surface area contributed by atoms with Gasteiger partial charge in [-0.2, -0.15) is 0 Å². The van der Waals surface area contributed by atoms with E-state index < -0.39 is 0 Å². The van der Waals surface area contributed by atoms with Gasteiger partial charge in [0.05, 0.1) is 6.04 Å². The van der Waals surface area contributed by atoms with Crippen LogP contribution in [0.15, 0.2) is 22.7 Å². The summed E-state index contributed by atoms with van der Waals surface area (Å²) in [5.41, 5.74) is 2.40. The van der Waals surface area contributed by atoms with E-state index in [1.54, 1.807) is 0 Å². The lowest BCUT2D eigenvalue weighted by Crippen LogP contribution is -2.21. The van der Waals surface area contributed by atoms with Crippen molar-refractivity contribution in [3.8, 4) is 0 Å². The number of halogens is 1. The molecule has 1 unspecified atom stereocenters. The lowest BCUT2D eigenvalue weighted by Gasteiger charge is -2.12. The van der Waals surface area contributed by atoms with Crippen LogP contribution < -0.4 is 5.32 Å². The fourth-order valence-electron chi connectivity index (χ4n) is 1.86. The first-order valence-corrected chi connectivity index (χ1v) is 5.57. The zero-order chi connectivity index (χ0) is 9.97. The molecule has 1 N–H and O–H groups in total. The number of carbonyl (C=O) groups excluding carboxylic acids is 1. The molecule has 14 heavy (non-hydrogen) atoms. The summed E-state index contributed by atoms with van der Waals surface area (Å²) < 4.78 is 1.09. The monoisotopic (exact) mass is 253 g/mol. The Balaban J connectivity index is 2.44. The van der Waals surface area contributed by atoms with E-state index in [4.69, 9.17) is 0 Å². The van der Waals surface area contributed by atoms with Crippen LogP contribution in [0.1, 0.15) is 23.6 Å². The molecular formula is C11H12BrNO. The molecule has 1 atom stereocenters. The number of hydrogen-bond acceptors (Lipinski definition) is 2. The molecule has 0 aromatic heterocycles. The Morgan fingerprint density at radius 1 is 1.50 bits per heavy atom. The smallest absolute Gasteiger partial charge is 0.141 e. The first-order chi connectivity index (χ1) is 6.81. The van der Waals surface area contributed by atoms with E-state index in [2.05, 4.69) is 27.3 Å². The lowest BCUT2D eigenvalue weighted by atomic mass is 10.00. The van der Waals surface area contributed by atoms with Gasteiger partial charge in [0.25, 0.3) is 0 Å². The summed E-state index contributed by atoms with van der Waals surface area (Å²) in [5, 5.41) is 3.22. The SMILES string of the molecule is O=CC1NCCCc2cc(Br)ccc21. The molecule has 1 aromatic carbocycles. The second kappa shape index (κ2) is 4.24. The Morgan fingerprint density at radius 2 is 2.36 bits per heavy atom. The molecule has 0 saturated carbocycles. The first-order valence-electron chi connectivity index (χ1n) is 4.78. The van der Waals surface area contributed by atoms with Crippen LogP contribution in [0.5, 0.6) is 0 Å². The number of fused-ring (bicyclic) bond motifs is 1. The van der Waals surface area contributed by atoms with Gasteiger partial charge in [0.1, 0.15) is 6.29 Å². The summed E-state index contributed by atoms with van der Waals surface area (Å²) in [4.78, 5) is 10.9. The van der Waals surface area contributed by atoms with Crippen LogP contribution in [0.3, 0.4) is 0 Å². The van der Waals surface area contributed by atoms with Crippen molar-refractivity contribution in [3.05, 3.63) is 33.8 Å². The van der Waals surface area contributed by atoms with Gasteiger partial charge in [-0.3, -0.25) is 0 Å². The summed E-state index contributed by atoms with van der Waals surface area (Å²) in [5.74, 6) is 0. The van der Waals surface area contributed by atoms with Gasteiger partial charge in [0.15, 0.2) is 0 Å². The molecule has 0 saturated heterocycles. The minimum atomic E-state index is -0.124. The van der Waals surface area contributed by atoms with Crippen molar-refractivity contribution in [3.63, 3.8) is 0 Å². The molecule has 1 aliphatic rings. The van der Waals surface area contributed by atoms with Crippen molar-refractivity contribution in [1.29, 1.82) is 0 Å². The lowest BCUT2D eigenvalue weighted by molar-refractivity contribution is -0.109. The van der Waals surface area contributed by atoms with Gasteiger partial charge < -0.3 is 10.1 Å². The molecule has 1 heterocycles. The highest BCUT2D eigenvalue weighted by molar-refractivity contribution is 9.10. The van der Waals surface area contributed by atoms with Crippen LogP contribution in [0.2, 0.25) is 0 Å². The molecule has 0 fully saturated rings. The molecule has 0 radical (unpaired) electrons. The Kier molecular flexibility index (Phi) is 2.99. The molecule has 1 aromatic rings. The average molecular weight is 254 g/mol. The normalized spacial score (nSPS) is 21.1.